The molecule has 0 spiro atoms. The third-order valence-corrected chi connectivity index (χ3v) is 17.4. The number of phenolic OH excluding ortho intramolecular Hbond substituents is 23. The van der Waals surface area contributed by atoms with Gasteiger partial charge in [0.15, 0.2) is 128 Å². The summed E-state index contributed by atoms with van der Waals surface area (Å²) in [6.45, 7) is -2.84. The van der Waals surface area contributed by atoms with E-state index in [0.717, 1.165) is 0 Å². The topological polar surface area (TPSA) is 744 Å². The minimum absolute atomic E-state index is 0.122. The van der Waals surface area contributed by atoms with Crippen LogP contribution in [0.15, 0.2) is 66.7 Å². The van der Waals surface area contributed by atoms with Gasteiger partial charge in [0.05, 0.1) is 45.6 Å². The molecule has 0 aromatic heterocycles. The fourth-order valence-electron chi connectivity index (χ4n) is 11.9. The number of benzene rings is 8. The van der Waals surface area contributed by atoms with Crippen LogP contribution in [0.25, 0.3) is 22.3 Å². The van der Waals surface area contributed by atoms with Gasteiger partial charge in [0.2, 0.25) is 59.3 Å². The fraction of sp³-hybridized carbons (Fsp3) is 0.176. The van der Waals surface area contributed by atoms with Gasteiger partial charge >= 0.3 is 47.8 Å². The summed E-state index contributed by atoms with van der Waals surface area (Å²) in [6.07, 6.45) is -26.3. The minimum Gasteiger partial charge on any atom is -0.504 e. The van der Waals surface area contributed by atoms with E-state index >= 15 is 14.4 Å². The standard InChI is InChI=1S/C68H50O44/c69-12-33-47(88)55-57(67(104-33)111-60(95)15-3-24(72)40(81)25(73)4-15)109-65(100)20-11-32(46(87)51(92)38(20)37-17(62(97)107-55)7-28(76)44(85)50(37)91)103-53-21(10-31(79)45(86)52(53)93)66(101)106-54-34(13-102-59(94)14-1-22(70)39(80)23(71)2-14)105-68(112-61(96)16-5-26(74)41(82)27(75)6-16)58-56(54)108-63(98)18-8-29(77)42(83)48(89)35(18)36-19(64(99)110-58)9-30(78)43(84)49(36)90/h1-11,33-34,47,54-58,67-93H,12-13H2/t33-,34-,47-,54-,55+,56+,57-,58-,67+,68+/m1/s1. The normalized spacial score (nSPS) is 20.5. The van der Waals surface area contributed by atoms with E-state index in [0.29, 0.717) is 42.5 Å². The van der Waals surface area contributed by atoms with Gasteiger partial charge in [-0.3, -0.25) is 0 Å². The summed E-state index contributed by atoms with van der Waals surface area (Å²) < 4.78 is 61.8. The SMILES string of the molecule is O=C(OC[C@H]1O[C@@H](OC(=O)c2cc(O)c(O)c(O)c2)[C@@H]2OC(=O)c3cc(O)c(O)c(O)c3-c3c(cc(O)c(O)c3O)C(=O)O[C@H]2[C@@H]1OC(=O)c1cc(O)c(O)c(O)c1Oc1cc2c(c(O)c1O)-c1c(cc(O)c(O)c1O)C(=O)O[C@H]1[C@H](O)[C@@H](CO)O[C@@H](OC(=O)c3cc(O)c(O)c(O)c3)[C@@H]1OC2=O)c1cc(O)c(O)c(O)c1. The largest absolute Gasteiger partial charge is 0.504 e. The zero-order valence-corrected chi connectivity index (χ0v) is 55.0. The molecule has 8 aromatic rings. The number of hydrogen-bond donors (Lipinski definition) is 25. The van der Waals surface area contributed by atoms with Gasteiger partial charge in [0.1, 0.15) is 30.5 Å². The number of fused-ring (bicyclic) bond motifs is 8. The average molecular weight is 1570 g/mol. The monoisotopic (exact) mass is 1570 g/mol. The van der Waals surface area contributed by atoms with Crippen LogP contribution >= 0.6 is 0 Å². The Kier molecular flexibility index (Phi) is 19.3. The van der Waals surface area contributed by atoms with E-state index in [-0.39, 0.29) is 24.3 Å². The first-order valence-corrected chi connectivity index (χ1v) is 31.1. The molecule has 4 aliphatic heterocycles. The van der Waals surface area contributed by atoms with Gasteiger partial charge in [0.25, 0.3) is 0 Å². The van der Waals surface area contributed by atoms with Crippen molar-refractivity contribution in [2.45, 2.75) is 61.4 Å². The Hall–Kier alpha value is -15.4. The number of carbonyl (C=O) groups excluding carboxylic acids is 8. The summed E-state index contributed by atoms with van der Waals surface area (Å²) in [5.41, 5.74) is -14.7. The molecule has 4 aliphatic rings. The molecule has 586 valence electrons. The van der Waals surface area contributed by atoms with E-state index in [1.165, 1.54) is 0 Å². The van der Waals surface area contributed by atoms with E-state index in [1.807, 2.05) is 0 Å². The highest BCUT2D eigenvalue weighted by Crippen LogP contribution is 2.58. The van der Waals surface area contributed by atoms with Gasteiger partial charge < -0.3 is 180 Å². The molecule has 8 aromatic carbocycles. The van der Waals surface area contributed by atoms with E-state index in [2.05, 4.69) is 0 Å². The molecule has 0 saturated carbocycles. The molecule has 25 N–H and O–H groups in total. The van der Waals surface area contributed by atoms with Crippen LogP contribution in [0.3, 0.4) is 0 Å². The Bertz CT molecular complexity index is 5320. The second-order valence-corrected chi connectivity index (χ2v) is 24.2. The van der Waals surface area contributed by atoms with Crippen LogP contribution in [0.5, 0.6) is 144 Å². The molecule has 44 heteroatoms. The molecule has 0 aliphatic carbocycles. The lowest BCUT2D eigenvalue weighted by Crippen LogP contribution is -2.63. The molecule has 4 heterocycles. The first-order chi connectivity index (χ1) is 52.7. The smallest absolute Gasteiger partial charge is 0.342 e. The number of phenols is 23. The van der Waals surface area contributed by atoms with Gasteiger partial charge in [-0.15, -0.1) is 0 Å². The molecular weight excluding hydrogens is 1520 g/mol. The van der Waals surface area contributed by atoms with Crippen LogP contribution in [-0.2, 0) is 47.4 Å². The first-order valence-electron chi connectivity index (χ1n) is 31.1. The lowest BCUT2D eigenvalue weighted by atomic mass is 9.91. The predicted octanol–water partition coefficient (Wildman–Crippen LogP) is 1.77. The van der Waals surface area contributed by atoms with E-state index in [4.69, 9.17) is 52.1 Å². The average Bonchev–Trinajstić information content (AvgIpc) is 0.738. The second-order valence-electron chi connectivity index (χ2n) is 24.2. The van der Waals surface area contributed by atoms with Crippen molar-refractivity contribution in [1.29, 1.82) is 0 Å². The molecule has 112 heavy (non-hydrogen) atoms. The van der Waals surface area contributed by atoms with E-state index in [9.17, 15) is 152 Å². The fourth-order valence-corrected chi connectivity index (χ4v) is 11.9. The Labute approximate surface area is 616 Å². The summed E-state index contributed by atoms with van der Waals surface area (Å²) in [7, 11) is 0. The Balaban J connectivity index is 1.02. The lowest BCUT2D eigenvalue weighted by molar-refractivity contribution is -0.283. The maximum atomic E-state index is 15.4. The molecule has 10 atom stereocenters. The molecule has 0 unspecified atom stereocenters. The van der Waals surface area contributed by atoms with Gasteiger partial charge in [-0.2, -0.15) is 0 Å². The molecular formula is C68H50O44. The number of aliphatic hydroxyl groups is 2. The first kappa shape index (κ1) is 76.2. The van der Waals surface area contributed by atoms with E-state index < -0.39 is 333 Å². The van der Waals surface area contributed by atoms with Crippen molar-refractivity contribution in [2.24, 2.45) is 0 Å². The maximum Gasteiger partial charge on any atom is 0.342 e. The zero-order valence-electron chi connectivity index (χ0n) is 55.0. The van der Waals surface area contributed by atoms with Gasteiger partial charge in [-0.25, -0.2) is 38.4 Å². The number of aliphatic hydroxyl groups excluding tert-OH is 2. The third-order valence-electron chi connectivity index (χ3n) is 17.4. The number of carbonyl (C=O) groups is 8. The summed E-state index contributed by atoms with van der Waals surface area (Å²) in [5, 5.41) is 271. The van der Waals surface area contributed by atoms with Crippen LogP contribution in [0.2, 0.25) is 0 Å². The van der Waals surface area contributed by atoms with Gasteiger partial charge in [-0.05, 0) is 54.6 Å². The van der Waals surface area contributed by atoms with E-state index in [1.54, 1.807) is 0 Å². The highest BCUT2D eigenvalue weighted by molar-refractivity contribution is 6.10. The third kappa shape index (κ3) is 13.1. The van der Waals surface area contributed by atoms with Crippen molar-refractivity contribution in [2.75, 3.05) is 13.2 Å². The van der Waals surface area contributed by atoms with Crippen molar-refractivity contribution in [3.8, 4) is 166 Å². The summed E-state index contributed by atoms with van der Waals surface area (Å²) in [4.78, 5) is 117. The second kappa shape index (κ2) is 28.4. The van der Waals surface area contributed by atoms with Crippen molar-refractivity contribution in [1.82, 2.24) is 0 Å². The number of hydrogen-bond acceptors (Lipinski definition) is 44. The summed E-state index contributed by atoms with van der Waals surface area (Å²) in [6, 6.07) is 4.07. The number of aromatic hydroxyl groups is 23. The maximum absolute atomic E-state index is 15.4. The van der Waals surface area contributed by atoms with Crippen LogP contribution in [0.1, 0.15) is 82.9 Å². The quantitative estimate of drug-likeness (QED) is 0.0471. The lowest BCUT2D eigenvalue weighted by Gasteiger charge is -2.44. The molecule has 12 rings (SSSR count). The van der Waals surface area contributed by atoms with Crippen molar-refractivity contribution in [3.05, 3.63) is 111 Å². The van der Waals surface area contributed by atoms with Gasteiger partial charge in [-0.1, -0.05) is 0 Å². The van der Waals surface area contributed by atoms with Crippen LogP contribution in [-0.4, -0.2) is 250 Å². The molecule has 0 bridgehead atoms. The number of esters is 8. The van der Waals surface area contributed by atoms with Crippen LogP contribution in [0, 0.1) is 0 Å². The Morgan fingerprint density at radius 2 is 0.652 bits per heavy atom. The molecule has 2 fully saturated rings. The molecule has 0 radical (unpaired) electrons. The van der Waals surface area contributed by atoms with Crippen molar-refractivity contribution in [3.63, 3.8) is 0 Å². The summed E-state index contributed by atoms with van der Waals surface area (Å²) >= 11 is 0. The summed E-state index contributed by atoms with van der Waals surface area (Å²) in [5.74, 6) is -51.8. The molecule has 44 nitrogen and oxygen atoms in total. The zero-order chi connectivity index (χ0) is 81.7. The number of ether oxygens (including phenoxy) is 11. The van der Waals surface area contributed by atoms with Crippen molar-refractivity contribution >= 4 is 47.8 Å². The molecule has 2 saturated heterocycles. The predicted molar refractivity (Wildman–Crippen MR) is 345 cm³/mol. The highest BCUT2D eigenvalue weighted by atomic mass is 16.8. The Morgan fingerprint density at radius 1 is 0.330 bits per heavy atom. The van der Waals surface area contributed by atoms with Crippen LogP contribution in [0.4, 0.5) is 0 Å². The molecule has 0 amide bonds. The minimum atomic E-state index is -2.94. The Morgan fingerprint density at radius 3 is 1.05 bits per heavy atom. The van der Waals surface area contributed by atoms with Gasteiger partial charge in [0, 0.05) is 34.4 Å². The van der Waals surface area contributed by atoms with Crippen molar-refractivity contribution < 1.29 is 218 Å². The highest BCUT2D eigenvalue weighted by Gasteiger charge is 2.57. The number of rotatable bonds is 12. The van der Waals surface area contributed by atoms with Crippen LogP contribution < -0.4 is 4.74 Å².